The molecule has 0 atom stereocenters. The van der Waals surface area contributed by atoms with Crippen molar-refractivity contribution >= 4 is 16.6 Å². The molecule has 1 aliphatic carbocycles. The standard InChI is InChI=1S/C20H18N2/c1-14-13-15(21-2)11-12-18(14)22-19-9-5-3-7-16(19)17-8-4-6-10-20(17)22/h3,5,7,9,11-13H,4,6,8,10H2,1H3. The molecule has 0 radical (unpaired) electrons. The number of para-hydroxylation sites is 1. The van der Waals surface area contributed by atoms with Crippen LogP contribution in [0, 0.1) is 13.5 Å². The van der Waals surface area contributed by atoms with Crippen molar-refractivity contribution in [3.8, 4) is 5.69 Å². The third-order valence-electron chi connectivity index (χ3n) is 4.73. The van der Waals surface area contributed by atoms with Gasteiger partial charge >= 0.3 is 0 Å². The first-order chi connectivity index (χ1) is 10.8. The van der Waals surface area contributed by atoms with Gasteiger partial charge in [-0.25, -0.2) is 4.85 Å². The summed E-state index contributed by atoms with van der Waals surface area (Å²) in [5.74, 6) is 0. The van der Waals surface area contributed by atoms with Crippen LogP contribution in [0.25, 0.3) is 21.4 Å². The van der Waals surface area contributed by atoms with Gasteiger partial charge in [0, 0.05) is 16.8 Å². The van der Waals surface area contributed by atoms with Crippen LogP contribution >= 0.6 is 0 Å². The zero-order valence-corrected chi connectivity index (χ0v) is 12.8. The average Bonchev–Trinajstić information content (AvgIpc) is 2.89. The lowest BCUT2D eigenvalue weighted by Gasteiger charge is -2.17. The largest absolute Gasteiger partial charge is 0.313 e. The molecule has 1 aliphatic rings. The van der Waals surface area contributed by atoms with Gasteiger partial charge in [0.1, 0.15) is 0 Å². The summed E-state index contributed by atoms with van der Waals surface area (Å²) in [5.41, 5.74) is 7.38. The number of aryl methyl sites for hydroxylation is 2. The van der Waals surface area contributed by atoms with Gasteiger partial charge in [-0.3, -0.25) is 0 Å². The van der Waals surface area contributed by atoms with Crippen LogP contribution < -0.4 is 0 Å². The minimum atomic E-state index is 0.714. The molecular formula is C20H18N2. The molecule has 2 aromatic carbocycles. The van der Waals surface area contributed by atoms with Crippen molar-refractivity contribution in [2.75, 3.05) is 0 Å². The predicted octanol–water partition coefficient (Wildman–Crippen LogP) is 5.37. The number of hydrogen-bond donors (Lipinski definition) is 0. The molecule has 0 fully saturated rings. The van der Waals surface area contributed by atoms with Crippen LogP contribution in [0.5, 0.6) is 0 Å². The fraction of sp³-hybridized carbons (Fsp3) is 0.250. The van der Waals surface area contributed by atoms with Gasteiger partial charge in [0.25, 0.3) is 0 Å². The average molecular weight is 286 g/mol. The van der Waals surface area contributed by atoms with E-state index < -0.39 is 0 Å². The first-order valence-corrected chi connectivity index (χ1v) is 7.89. The fourth-order valence-electron chi connectivity index (χ4n) is 3.73. The number of benzene rings is 2. The molecule has 1 aromatic heterocycles. The molecule has 0 bridgehead atoms. The smallest absolute Gasteiger partial charge is 0.187 e. The lowest BCUT2D eigenvalue weighted by Crippen LogP contribution is -2.07. The summed E-state index contributed by atoms with van der Waals surface area (Å²) in [7, 11) is 0. The molecule has 0 unspecified atom stereocenters. The van der Waals surface area contributed by atoms with Crippen LogP contribution in [0.15, 0.2) is 42.5 Å². The summed E-state index contributed by atoms with van der Waals surface area (Å²) in [6.45, 7) is 9.29. The molecule has 1 heterocycles. The van der Waals surface area contributed by atoms with Gasteiger partial charge in [-0.15, -0.1) is 0 Å². The Morgan fingerprint density at radius 2 is 1.86 bits per heavy atom. The molecule has 2 heteroatoms. The molecule has 0 spiro atoms. The second-order valence-corrected chi connectivity index (χ2v) is 6.07. The Labute approximate surface area is 130 Å². The third-order valence-corrected chi connectivity index (χ3v) is 4.73. The minimum Gasteiger partial charge on any atom is -0.313 e. The Kier molecular flexibility index (Phi) is 3.01. The summed E-state index contributed by atoms with van der Waals surface area (Å²) in [5, 5.41) is 1.39. The van der Waals surface area contributed by atoms with Gasteiger partial charge < -0.3 is 4.57 Å². The summed E-state index contributed by atoms with van der Waals surface area (Å²) in [6, 6.07) is 14.7. The van der Waals surface area contributed by atoms with Gasteiger partial charge in [0.2, 0.25) is 0 Å². The molecule has 108 valence electrons. The molecule has 0 aliphatic heterocycles. The van der Waals surface area contributed by atoms with E-state index in [1.807, 2.05) is 12.1 Å². The van der Waals surface area contributed by atoms with Gasteiger partial charge in [-0.05, 0) is 55.9 Å². The van der Waals surface area contributed by atoms with Crippen molar-refractivity contribution in [3.05, 3.63) is 70.7 Å². The van der Waals surface area contributed by atoms with E-state index in [1.165, 1.54) is 52.7 Å². The molecule has 22 heavy (non-hydrogen) atoms. The third kappa shape index (κ3) is 1.86. The first-order valence-electron chi connectivity index (χ1n) is 7.89. The number of rotatable bonds is 1. The van der Waals surface area contributed by atoms with E-state index in [0.717, 1.165) is 6.42 Å². The maximum Gasteiger partial charge on any atom is 0.187 e. The maximum atomic E-state index is 7.19. The van der Waals surface area contributed by atoms with Gasteiger partial charge in [0.15, 0.2) is 5.69 Å². The maximum absolute atomic E-state index is 7.19. The SMILES string of the molecule is [C-]#[N+]c1ccc(-n2c3c(c4ccccc42)CCCC3)c(C)c1. The fourth-order valence-corrected chi connectivity index (χ4v) is 3.73. The normalized spacial score (nSPS) is 13.8. The Hall–Kier alpha value is -2.53. The highest BCUT2D eigenvalue weighted by Crippen LogP contribution is 2.35. The summed E-state index contributed by atoms with van der Waals surface area (Å²) < 4.78 is 2.42. The highest BCUT2D eigenvalue weighted by Gasteiger charge is 2.21. The Morgan fingerprint density at radius 1 is 1.05 bits per heavy atom. The zero-order chi connectivity index (χ0) is 15.1. The van der Waals surface area contributed by atoms with Crippen molar-refractivity contribution in [2.24, 2.45) is 0 Å². The number of hydrogen-bond acceptors (Lipinski definition) is 0. The van der Waals surface area contributed by atoms with Gasteiger partial charge in [-0.1, -0.05) is 30.3 Å². The van der Waals surface area contributed by atoms with Crippen molar-refractivity contribution in [2.45, 2.75) is 32.6 Å². The van der Waals surface area contributed by atoms with E-state index in [9.17, 15) is 0 Å². The summed E-state index contributed by atoms with van der Waals surface area (Å²) in [6.07, 6.45) is 4.88. The quantitative estimate of drug-likeness (QED) is 0.532. The second-order valence-electron chi connectivity index (χ2n) is 6.07. The highest BCUT2D eigenvalue weighted by molar-refractivity contribution is 5.88. The topological polar surface area (TPSA) is 9.29 Å². The Balaban J connectivity index is 2.05. The lowest BCUT2D eigenvalue weighted by molar-refractivity contribution is 0.666. The summed E-state index contributed by atoms with van der Waals surface area (Å²) in [4.78, 5) is 3.54. The van der Waals surface area contributed by atoms with E-state index in [4.69, 9.17) is 6.57 Å². The van der Waals surface area contributed by atoms with Gasteiger partial charge in [-0.2, -0.15) is 0 Å². The van der Waals surface area contributed by atoms with Crippen LogP contribution in [0.2, 0.25) is 0 Å². The summed E-state index contributed by atoms with van der Waals surface area (Å²) >= 11 is 0. The molecule has 4 rings (SSSR count). The molecule has 0 amide bonds. The number of nitrogens with zero attached hydrogens (tertiary/aromatic N) is 2. The van der Waals surface area contributed by atoms with Crippen LogP contribution in [0.4, 0.5) is 5.69 Å². The second kappa shape index (κ2) is 5.03. The van der Waals surface area contributed by atoms with Crippen molar-refractivity contribution in [1.29, 1.82) is 0 Å². The van der Waals surface area contributed by atoms with Crippen molar-refractivity contribution < 1.29 is 0 Å². The van der Waals surface area contributed by atoms with E-state index in [0.29, 0.717) is 5.69 Å². The predicted molar refractivity (Wildman–Crippen MR) is 90.9 cm³/mol. The molecule has 0 saturated heterocycles. The lowest BCUT2D eigenvalue weighted by atomic mass is 9.95. The van der Waals surface area contributed by atoms with Crippen LogP contribution in [0.1, 0.15) is 29.7 Å². The van der Waals surface area contributed by atoms with Crippen molar-refractivity contribution in [3.63, 3.8) is 0 Å². The van der Waals surface area contributed by atoms with Gasteiger partial charge in [0.05, 0.1) is 12.1 Å². The molecule has 0 N–H and O–H groups in total. The van der Waals surface area contributed by atoms with E-state index in [1.54, 1.807) is 0 Å². The molecular weight excluding hydrogens is 268 g/mol. The molecule has 2 nitrogen and oxygen atoms in total. The van der Waals surface area contributed by atoms with Crippen LogP contribution in [-0.2, 0) is 12.8 Å². The van der Waals surface area contributed by atoms with E-state index in [-0.39, 0.29) is 0 Å². The minimum absolute atomic E-state index is 0.714. The number of aromatic nitrogens is 1. The molecule has 0 saturated carbocycles. The monoisotopic (exact) mass is 286 g/mol. The van der Waals surface area contributed by atoms with Crippen LogP contribution in [-0.4, -0.2) is 4.57 Å². The van der Waals surface area contributed by atoms with Crippen molar-refractivity contribution in [1.82, 2.24) is 4.57 Å². The van der Waals surface area contributed by atoms with E-state index >= 15 is 0 Å². The van der Waals surface area contributed by atoms with Crippen LogP contribution in [0.3, 0.4) is 0 Å². The molecule has 3 aromatic rings. The van der Waals surface area contributed by atoms with E-state index in [2.05, 4.69) is 46.7 Å². The Bertz CT molecular complexity index is 909. The highest BCUT2D eigenvalue weighted by atomic mass is 15.0. The number of fused-ring (bicyclic) bond motifs is 3. The first kappa shape index (κ1) is 13.2. The Morgan fingerprint density at radius 3 is 2.68 bits per heavy atom. The zero-order valence-electron chi connectivity index (χ0n) is 12.8.